The van der Waals surface area contributed by atoms with Crippen LogP contribution in [0.2, 0.25) is 0 Å². The van der Waals surface area contributed by atoms with Crippen molar-refractivity contribution in [1.82, 2.24) is 9.55 Å². The first kappa shape index (κ1) is 9.22. The zero-order valence-electron chi connectivity index (χ0n) is 8.40. The monoisotopic (exact) mass is 205 g/mol. The van der Waals surface area contributed by atoms with Gasteiger partial charge in [-0.2, -0.15) is 5.26 Å². The van der Waals surface area contributed by atoms with Crippen molar-refractivity contribution in [3.8, 4) is 6.07 Å². The van der Waals surface area contributed by atoms with Gasteiger partial charge in [-0.1, -0.05) is 0 Å². The average Bonchev–Trinajstić information content (AvgIpc) is 2.58. The average molecular weight is 205 g/mol. The van der Waals surface area contributed by atoms with E-state index in [-0.39, 0.29) is 5.54 Å². The summed E-state index contributed by atoms with van der Waals surface area (Å²) in [5.41, 5.74) is 3.20. The molecule has 2 aromatic heterocycles. The maximum Gasteiger partial charge on any atom is 0.148 e. The summed E-state index contributed by atoms with van der Waals surface area (Å²) < 4.78 is 3.07. The lowest BCUT2D eigenvalue weighted by Gasteiger charge is -2.21. The molecule has 0 aliphatic heterocycles. The van der Waals surface area contributed by atoms with E-state index < -0.39 is 0 Å². The lowest BCUT2D eigenvalue weighted by molar-refractivity contribution is 0.396. The normalized spacial score (nSPS) is 11.9. The first-order valence-corrected chi connectivity index (χ1v) is 5.27. The third kappa shape index (κ3) is 1.21. The molecular weight excluding hydrogens is 194 g/mol. The Morgan fingerprint density at radius 2 is 2.21 bits per heavy atom. The molecule has 2 heterocycles. The van der Waals surface area contributed by atoms with E-state index in [9.17, 15) is 0 Å². The first-order valence-electron chi connectivity index (χ1n) is 4.39. The summed E-state index contributed by atoms with van der Waals surface area (Å²) in [4.78, 5) is 4.20. The molecule has 0 N–H and O–H groups in total. The Morgan fingerprint density at radius 1 is 1.50 bits per heavy atom. The second-order valence-corrected chi connectivity index (χ2v) is 5.08. The minimum Gasteiger partial charge on any atom is -0.331 e. The SMILES string of the molecule is CC(C)(C)n1cc2scnc2c1C#N. The quantitative estimate of drug-likeness (QED) is 0.663. The van der Waals surface area contributed by atoms with E-state index in [2.05, 4.69) is 31.8 Å². The molecule has 2 rings (SSSR count). The summed E-state index contributed by atoms with van der Waals surface area (Å²) in [6.45, 7) is 6.24. The van der Waals surface area contributed by atoms with E-state index in [0.717, 1.165) is 10.2 Å². The molecular formula is C10H11N3S. The molecule has 0 aliphatic carbocycles. The molecule has 2 aromatic rings. The smallest absolute Gasteiger partial charge is 0.148 e. The summed E-state index contributed by atoms with van der Waals surface area (Å²) in [7, 11) is 0. The van der Waals surface area contributed by atoms with E-state index in [1.54, 1.807) is 16.8 Å². The number of nitrogens with zero attached hydrogens (tertiary/aromatic N) is 3. The van der Waals surface area contributed by atoms with Crippen LogP contribution in [0.1, 0.15) is 26.5 Å². The van der Waals surface area contributed by atoms with E-state index >= 15 is 0 Å². The Hall–Kier alpha value is -1.34. The molecule has 14 heavy (non-hydrogen) atoms. The van der Waals surface area contributed by atoms with Crippen molar-refractivity contribution in [1.29, 1.82) is 5.26 Å². The van der Waals surface area contributed by atoms with Crippen molar-refractivity contribution in [2.24, 2.45) is 0 Å². The fraction of sp³-hybridized carbons (Fsp3) is 0.400. The lowest BCUT2D eigenvalue weighted by Crippen LogP contribution is -2.22. The predicted octanol–water partition coefficient (Wildman–Crippen LogP) is 2.72. The highest BCUT2D eigenvalue weighted by molar-refractivity contribution is 7.16. The first-order chi connectivity index (χ1) is 6.54. The van der Waals surface area contributed by atoms with Crippen molar-refractivity contribution >= 4 is 21.6 Å². The minimum atomic E-state index is -0.0640. The second-order valence-electron chi connectivity index (χ2n) is 4.20. The molecule has 0 amide bonds. The molecule has 0 radical (unpaired) electrons. The van der Waals surface area contributed by atoms with Gasteiger partial charge in [-0.3, -0.25) is 0 Å². The van der Waals surface area contributed by atoms with Gasteiger partial charge in [0.1, 0.15) is 17.3 Å². The Balaban J connectivity index is 2.78. The van der Waals surface area contributed by atoms with Gasteiger partial charge in [-0.15, -0.1) is 11.3 Å². The van der Waals surface area contributed by atoms with E-state index in [0.29, 0.717) is 5.69 Å². The highest BCUT2D eigenvalue weighted by Gasteiger charge is 2.20. The van der Waals surface area contributed by atoms with Crippen LogP contribution in [0.3, 0.4) is 0 Å². The van der Waals surface area contributed by atoms with Gasteiger partial charge in [0.15, 0.2) is 0 Å². The second kappa shape index (κ2) is 2.82. The van der Waals surface area contributed by atoms with Crippen LogP contribution in [0.4, 0.5) is 0 Å². The third-order valence-corrected chi connectivity index (χ3v) is 2.90. The molecule has 72 valence electrons. The van der Waals surface area contributed by atoms with Gasteiger partial charge in [0, 0.05) is 11.7 Å². The Kier molecular flexibility index (Phi) is 1.86. The number of fused-ring (bicyclic) bond motifs is 1. The third-order valence-electron chi connectivity index (χ3n) is 2.14. The summed E-state index contributed by atoms with van der Waals surface area (Å²) in [5.74, 6) is 0. The zero-order valence-corrected chi connectivity index (χ0v) is 9.22. The number of hydrogen-bond donors (Lipinski definition) is 0. The highest BCUT2D eigenvalue weighted by Crippen LogP contribution is 2.28. The molecule has 0 aromatic carbocycles. The lowest BCUT2D eigenvalue weighted by atomic mass is 10.1. The number of aromatic nitrogens is 2. The van der Waals surface area contributed by atoms with Crippen LogP contribution in [0.5, 0.6) is 0 Å². The zero-order chi connectivity index (χ0) is 10.3. The van der Waals surface area contributed by atoms with Crippen molar-refractivity contribution < 1.29 is 0 Å². The van der Waals surface area contributed by atoms with Gasteiger partial charge < -0.3 is 4.57 Å². The van der Waals surface area contributed by atoms with Crippen LogP contribution >= 0.6 is 11.3 Å². The minimum absolute atomic E-state index is 0.0640. The van der Waals surface area contributed by atoms with Crippen LogP contribution in [-0.4, -0.2) is 9.55 Å². The summed E-state index contributed by atoms with van der Waals surface area (Å²) in [5, 5.41) is 9.08. The number of hydrogen-bond acceptors (Lipinski definition) is 3. The maximum atomic E-state index is 9.08. The Bertz CT molecular complexity index is 507. The summed E-state index contributed by atoms with van der Waals surface area (Å²) >= 11 is 1.57. The molecule has 0 fully saturated rings. The van der Waals surface area contributed by atoms with Crippen LogP contribution in [0.15, 0.2) is 11.7 Å². The van der Waals surface area contributed by atoms with E-state index in [1.165, 1.54) is 0 Å². The number of nitriles is 1. The Labute approximate surface area is 86.6 Å². The number of rotatable bonds is 0. The molecule has 0 saturated carbocycles. The molecule has 0 spiro atoms. The predicted molar refractivity (Wildman–Crippen MR) is 57.3 cm³/mol. The molecule has 0 atom stereocenters. The van der Waals surface area contributed by atoms with Gasteiger partial charge >= 0.3 is 0 Å². The molecule has 0 bridgehead atoms. The molecule has 4 heteroatoms. The van der Waals surface area contributed by atoms with Crippen LogP contribution in [-0.2, 0) is 5.54 Å². The standard InChI is InChI=1S/C10H11N3S/c1-10(2,3)13-5-8-9(7(13)4-11)12-6-14-8/h5-6H,1-3H3. The molecule has 0 unspecified atom stereocenters. The largest absolute Gasteiger partial charge is 0.331 e. The van der Waals surface area contributed by atoms with Crippen LogP contribution in [0.25, 0.3) is 10.2 Å². The Morgan fingerprint density at radius 3 is 2.79 bits per heavy atom. The van der Waals surface area contributed by atoms with E-state index in [1.807, 2.05) is 10.8 Å². The van der Waals surface area contributed by atoms with E-state index in [4.69, 9.17) is 5.26 Å². The molecule has 0 aliphatic rings. The summed E-state index contributed by atoms with van der Waals surface area (Å²) in [6, 6.07) is 2.22. The molecule has 3 nitrogen and oxygen atoms in total. The van der Waals surface area contributed by atoms with Crippen LogP contribution in [0, 0.1) is 11.3 Å². The van der Waals surface area contributed by atoms with Crippen molar-refractivity contribution in [3.63, 3.8) is 0 Å². The van der Waals surface area contributed by atoms with Crippen molar-refractivity contribution in [2.75, 3.05) is 0 Å². The summed E-state index contributed by atoms with van der Waals surface area (Å²) in [6.07, 6.45) is 2.01. The van der Waals surface area contributed by atoms with Crippen molar-refractivity contribution in [2.45, 2.75) is 26.3 Å². The van der Waals surface area contributed by atoms with Gasteiger partial charge in [0.2, 0.25) is 0 Å². The van der Waals surface area contributed by atoms with Gasteiger partial charge in [-0.05, 0) is 20.8 Å². The van der Waals surface area contributed by atoms with Gasteiger partial charge in [0.05, 0.1) is 10.2 Å². The van der Waals surface area contributed by atoms with Gasteiger partial charge in [0.25, 0.3) is 0 Å². The fourth-order valence-corrected chi connectivity index (χ4v) is 2.16. The van der Waals surface area contributed by atoms with Crippen molar-refractivity contribution in [3.05, 3.63) is 17.4 Å². The maximum absolute atomic E-state index is 9.08. The van der Waals surface area contributed by atoms with Crippen LogP contribution < -0.4 is 0 Å². The highest BCUT2D eigenvalue weighted by atomic mass is 32.1. The molecule has 0 saturated heterocycles. The fourth-order valence-electron chi connectivity index (χ4n) is 1.46. The topological polar surface area (TPSA) is 41.6 Å². The van der Waals surface area contributed by atoms with Gasteiger partial charge in [-0.25, -0.2) is 4.98 Å². The number of thiazole rings is 1.